The molecule has 19 heavy (non-hydrogen) atoms. The van der Waals surface area contributed by atoms with Crippen molar-refractivity contribution in [3.8, 4) is 0 Å². The third-order valence-electron chi connectivity index (χ3n) is 3.06. The minimum absolute atomic E-state index is 0.266. The molecule has 2 rings (SSSR count). The maximum Gasteiger partial charge on any atom is 0.127 e. The van der Waals surface area contributed by atoms with Crippen LogP contribution < -0.4 is 5.73 Å². The van der Waals surface area contributed by atoms with Crippen molar-refractivity contribution in [2.24, 2.45) is 5.73 Å². The van der Waals surface area contributed by atoms with Gasteiger partial charge in [0.25, 0.3) is 0 Å². The van der Waals surface area contributed by atoms with Crippen LogP contribution in [0.5, 0.6) is 0 Å². The first-order chi connectivity index (χ1) is 8.90. The van der Waals surface area contributed by atoms with E-state index in [4.69, 9.17) is 17.3 Å². The predicted octanol–water partition coefficient (Wildman–Crippen LogP) is 4.66. The quantitative estimate of drug-likeness (QED) is 0.862. The molecule has 0 aliphatic heterocycles. The summed E-state index contributed by atoms with van der Waals surface area (Å²) in [6.45, 7) is 1.86. The van der Waals surface area contributed by atoms with E-state index in [1.807, 2.05) is 25.1 Å². The Hall–Kier alpha value is -0.900. The van der Waals surface area contributed by atoms with Crippen LogP contribution in [-0.4, -0.2) is 0 Å². The zero-order chi connectivity index (χ0) is 14.0. The van der Waals surface area contributed by atoms with Gasteiger partial charge in [-0.05, 0) is 42.7 Å². The van der Waals surface area contributed by atoms with Gasteiger partial charge in [0.05, 0.1) is 0 Å². The highest BCUT2D eigenvalue weighted by Crippen LogP contribution is 2.30. The van der Waals surface area contributed by atoms with Crippen LogP contribution in [0.15, 0.2) is 46.9 Å². The summed E-state index contributed by atoms with van der Waals surface area (Å²) >= 11 is 9.40. The Kier molecular flexibility index (Phi) is 4.29. The molecule has 0 aromatic heterocycles. The Labute approximate surface area is 125 Å². The minimum Gasteiger partial charge on any atom is -0.321 e. The van der Waals surface area contributed by atoms with Gasteiger partial charge in [0.1, 0.15) is 5.82 Å². The molecule has 0 saturated carbocycles. The van der Waals surface area contributed by atoms with Gasteiger partial charge in [0.15, 0.2) is 0 Å². The van der Waals surface area contributed by atoms with Crippen molar-refractivity contribution in [1.29, 1.82) is 0 Å². The van der Waals surface area contributed by atoms with Crippen LogP contribution in [0, 0.1) is 5.82 Å². The topological polar surface area (TPSA) is 26.0 Å². The van der Waals surface area contributed by atoms with Crippen molar-refractivity contribution in [2.45, 2.75) is 18.9 Å². The summed E-state index contributed by atoms with van der Waals surface area (Å²) in [5.41, 5.74) is 7.00. The van der Waals surface area contributed by atoms with E-state index in [9.17, 15) is 4.39 Å². The van der Waals surface area contributed by atoms with Crippen LogP contribution in [0.2, 0.25) is 5.02 Å². The summed E-state index contributed by atoms with van der Waals surface area (Å²) < 4.78 is 14.6. The lowest BCUT2D eigenvalue weighted by atomic mass is 9.86. The Balaban J connectivity index is 2.33. The summed E-state index contributed by atoms with van der Waals surface area (Å²) in [4.78, 5) is 0. The zero-order valence-corrected chi connectivity index (χ0v) is 12.8. The van der Waals surface area contributed by atoms with Crippen LogP contribution in [0.1, 0.15) is 18.1 Å². The molecule has 0 amide bonds. The molecule has 0 heterocycles. The fourth-order valence-electron chi connectivity index (χ4n) is 2.08. The second kappa shape index (κ2) is 5.61. The van der Waals surface area contributed by atoms with E-state index in [1.54, 1.807) is 18.2 Å². The summed E-state index contributed by atoms with van der Waals surface area (Å²) in [5, 5.41) is 0.602. The highest BCUT2D eigenvalue weighted by atomic mass is 79.9. The molecular formula is C15H14BrClFN. The monoisotopic (exact) mass is 341 g/mol. The zero-order valence-electron chi connectivity index (χ0n) is 10.5. The minimum atomic E-state index is -0.715. The highest BCUT2D eigenvalue weighted by Gasteiger charge is 2.25. The van der Waals surface area contributed by atoms with Gasteiger partial charge >= 0.3 is 0 Å². The van der Waals surface area contributed by atoms with Crippen LogP contribution in [0.3, 0.4) is 0 Å². The van der Waals surface area contributed by atoms with Gasteiger partial charge < -0.3 is 5.73 Å². The number of rotatable bonds is 3. The van der Waals surface area contributed by atoms with Gasteiger partial charge in [0, 0.05) is 15.0 Å². The molecule has 0 fully saturated rings. The van der Waals surface area contributed by atoms with E-state index in [0.29, 0.717) is 21.5 Å². The normalized spacial score (nSPS) is 14.2. The lowest BCUT2D eigenvalue weighted by Crippen LogP contribution is -2.36. The molecule has 100 valence electrons. The number of halogens is 3. The summed E-state index contributed by atoms with van der Waals surface area (Å²) in [7, 11) is 0. The predicted molar refractivity (Wildman–Crippen MR) is 80.8 cm³/mol. The molecule has 1 nitrogen and oxygen atoms in total. The van der Waals surface area contributed by atoms with Crippen molar-refractivity contribution in [3.05, 3.63) is 68.9 Å². The first kappa shape index (κ1) is 14.5. The molecule has 0 bridgehead atoms. The standard InChI is InChI=1S/C15H14BrClFN/c1-15(19,12-4-2-3-5-13(12)17)9-10-6-7-11(16)8-14(10)18/h2-8H,9,19H2,1H3. The fourth-order valence-corrected chi connectivity index (χ4v) is 2.77. The lowest BCUT2D eigenvalue weighted by Gasteiger charge is -2.26. The molecule has 2 aromatic carbocycles. The third-order valence-corrected chi connectivity index (χ3v) is 3.88. The van der Waals surface area contributed by atoms with Crippen molar-refractivity contribution < 1.29 is 4.39 Å². The average molecular weight is 343 g/mol. The molecular weight excluding hydrogens is 329 g/mol. The fraction of sp³-hybridized carbons (Fsp3) is 0.200. The van der Waals surface area contributed by atoms with Crippen LogP contribution >= 0.6 is 27.5 Å². The van der Waals surface area contributed by atoms with Gasteiger partial charge in [-0.3, -0.25) is 0 Å². The van der Waals surface area contributed by atoms with E-state index < -0.39 is 5.54 Å². The van der Waals surface area contributed by atoms with Crippen LogP contribution in [0.25, 0.3) is 0 Å². The molecule has 0 saturated heterocycles. The smallest absolute Gasteiger partial charge is 0.127 e. The van der Waals surface area contributed by atoms with Gasteiger partial charge in [-0.25, -0.2) is 4.39 Å². The van der Waals surface area contributed by atoms with Crippen molar-refractivity contribution in [3.63, 3.8) is 0 Å². The van der Waals surface area contributed by atoms with Gasteiger partial charge in [-0.2, -0.15) is 0 Å². The van der Waals surface area contributed by atoms with Gasteiger partial charge in [0.2, 0.25) is 0 Å². The molecule has 2 aromatic rings. The molecule has 4 heteroatoms. The molecule has 1 atom stereocenters. The first-order valence-electron chi connectivity index (χ1n) is 5.88. The Bertz CT molecular complexity index is 598. The SMILES string of the molecule is CC(N)(Cc1ccc(Br)cc1F)c1ccccc1Cl. The van der Waals surface area contributed by atoms with Crippen LogP contribution in [-0.2, 0) is 12.0 Å². The largest absolute Gasteiger partial charge is 0.321 e. The Morgan fingerprint density at radius 3 is 2.58 bits per heavy atom. The second-order valence-electron chi connectivity index (χ2n) is 4.81. The molecule has 1 unspecified atom stereocenters. The third kappa shape index (κ3) is 3.35. The van der Waals surface area contributed by atoms with Crippen molar-refractivity contribution in [2.75, 3.05) is 0 Å². The maximum absolute atomic E-state index is 13.9. The summed E-state index contributed by atoms with van der Waals surface area (Å²) in [5.74, 6) is -0.266. The Morgan fingerprint density at radius 2 is 1.95 bits per heavy atom. The number of hydrogen-bond acceptors (Lipinski definition) is 1. The number of hydrogen-bond donors (Lipinski definition) is 1. The van der Waals surface area contributed by atoms with Gasteiger partial charge in [-0.1, -0.05) is 51.8 Å². The molecule has 0 radical (unpaired) electrons. The van der Waals surface area contributed by atoms with E-state index in [1.165, 1.54) is 6.07 Å². The lowest BCUT2D eigenvalue weighted by molar-refractivity contribution is 0.475. The maximum atomic E-state index is 13.9. The number of nitrogens with two attached hydrogens (primary N) is 1. The second-order valence-corrected chi connectivity index (χ2v) is 6.13. The first-order valence-corrected chi connectivity index (χ1v) is 7.05. The molecule has 0 aliphatic rings. The van der Waals surface area contributed by atoms with E-state index in [-0.39, 0.29) is 5.82 Å². The molecule has 2 N–H and O–H groups in total. The summed E-state index contributed by atoms with van der Waals surface area (Å²) in [6, 6.07) is 12.4. The van der Waals surface area contributed by atoms with Crippen molar-refractivity contribution >= 4 is 27.5 Å². The number of benzene rings is 2. The van der Waals surface area contributed by atoms with Crippen molar-refractivity contribution in [1.82, 2.24) is 0 Å². The van der Waals surface area contributed by atoms with E-state index >= 15 is 0 Å². The van der Waals surface area contributed by atoms with E-state index in [2.05, 4.69) is 15.9 Å². The average Bonchev–Trinajstić information content (AvgIpc) is 2.33. The molecule has 0 spiro atoms. The molecule has 0 aliphatic carbocycles. The Morgan fingerprint density at radius 1 is 1.26 bits per heavy atom. The summed E-state index contributed by atoms with van der Waals surface area (Å²) in [6.07, 6.45) is 0.385. The highest BCUT2D eigenvalue weighted by molar-refractivity contribution is 9.10. The van der Waals surface area contributed by atoms with Crippen LogP contribution in [0.4, 0.5) is 4.39 Å². The van der Waals surface area contributed by atoms with E-state index in [0.717, 1.165) is 5.56 Å². The van der Waals surface area contributed by atoms with Gasteiger partial charge in [-0.15, -0.1) is 0 Å².